The Kier molecular flexibility index (Phi) is 5.26. The van der Waals surface area contributed by atoms with Crippen molar-refractivity contribution in [2.45, 2.75) is 30.0 Å². The maximum atomic E-state index is 14.2. The van der Waals surface area contributed by atoms with Gasteiger partial charge in [0.25, 0.3) is 11.8 Å². The molecule has 33 heavy (non-hydrogen) atoms. The Morgan fingerprint density at radius 2 is 1.76 bits per heavy atom. The smallest absolute Gasteiger partial charge is 0.268 e. The van der Waals surface area contributed by atoms with Crippen LogP contribution in [0.3, 0.4) is 0 Å². The molecule has 3 aromatic rings. The molecule has 0 aromatic heterocycles. The number of carbonyl (C=O) groups is 2. The Morgan fingerprint density at radius 1 is 1.06 bits per heavy atom. The number of fused-ring (bicyclic) bond motifs is 2. The van der Waals surface area contributed by atoms with Gasteiger partial charge in [0, 0.05) is 27.4 Å². The highest BCUT2D eigenvalue weighted by atomic mass is 35.5. The second-order valence-electron chi connectivity index (χ2n) is 8.94. The van der Waals surface area contributed by atoms with Crippen molar-refractivity contribution >= 4 is 40.9 Å². The van der Waals surface area contributed by atoms with Crippen molar-refractivity contribution in [3.8, 4) is 0 Å². The maximum absolute atomic E-state index is 14.2. The molecule has 2 aliphatic heterocycles. The zero-order chi connectivity index (χ0) is 23.4. The molecule has 2 amide bonds. The number of benzene rings is 3. The van der Waals surface area contributed by atoms with Gasteiger partial charge in [-0.15, -0.1) is 11.8 Å². The highest BCUT2D eigenvalue weighted by Crippen LogP contribution is 2.60. The van der Waals surface area contributed by atoms with Crippen LogP contribution in [0, 0.1) is 5.82 Å². The predicted molar refractivity (Wildman–Crippen MR) is 130 cm³/mol. The van der Waals surface area contributed by atoms with Gasteiger partial charge >= 0.3 is 0 Å². The number of carbonyl (C=O) groups excluding carboxylic acids is 2. The number of hydrogen-bond acceptors (Lipinski definition) is 3. The number of amides is 2. The van der Waals surface area contributed by atoms with Gasteiger partial charge in [0.2, 0.25) is 0 Å². The van der Waals surface area contributed by atoms with E-state index in [1.165, 1.54) is 36.0 Å². The molecule has 1 spiro atoms. The Balaban J connectivity index is 1.65. The molecule has 0 unspecified atom stereocenters. The van der Waals surface area contributed by atoms with Crippen LogP contribution in [0.15, 0.2) is 72.8 Å². The summed E-state index contributed by atoms with van der Waals surface area (Å²) in [6, 6.07) is 20.6. The van der Waals surface area contributed by atoms with E-state index in [-0.39, 0.29) is 16.6 Å². The fourth-order valence-corrected chi connectivity index (χ4v) is 6.54. The first-order valence-corrected chi connectivity index (χ1v) is 11.8. The summed E-state index contributed by atoms with van der Waals surface area (Å²) in [5.41, 5.74) is 2.78. The molecule has 5 rings (SSSR count). The largest absolute Gasteiger partial charge is 0.310 e. The quantitative estimate of drug-likeness (QED) is 0.472. The van der Waals surface area contributed by atoms with Crippen molar-refractivity contribution in [3.63, 3.8) is 0 Å². The van der Waals surface area contributed by atoms with E-state index in [1.807, 2.05) is 50.2 Å². The lowest BCUT2D eigenvalue weighted by atomic mass is 10.0. The first kappa shape index (κ1) is 22.0. The highest BCUT2D eigenvalue weighted by Gasteiger charge is 2.63. The van der Waals surface area contributed by atoms with Crippen molar-refractivity contribution < 1.29 is 14.0 Å². The van der Waals surface area contributed by atoms with Crippen molar-refractivity contribution in [1.82, 2.24) is 4.90 Å². The molecule has 0 radical (unpaired) electrons. The molecule has 2 heterocycles. The lowest BCUT2D eigenvalue weighted by molar-refractivity contribution is -0.123. The minimum Gasteiger partial charge on any atom is -0.310 e. The first-order valence-electron chi connectivity index (χ1n) is 10.6. The summed E-state index contributed by atoms with van der Waals surface area (Å²) in [6.07, 6.45) is 0. The van der Waals surface area contributed by atoms with Crippen LogP contribution in [-0.4, -0.2) is 28.0 Å². The van der Waals surface area contributed by atoms with E-state index in [0.29, 0.717) is 29.2 Å². The molecule has 0 saturated carbocycles. The summed E-state index contributed by atoms with van der Waals surface area (Å²) in [5.74, 6) is -0.899. The van der Waals surface area contributed by atoms with Crippen LogP contribution in [0.25, 0.3) is 0 Å². The zero-order valence-electron chi connectivity index (χ0n) is 18.2. The van der Waals surface area contributed by atoms with Gasteiger partial charge in [-0.2, -0.15) is 0 Å². The Bertz CT molecular complexity index is 1250. The number of anilines is 1. The van der Waals surface area contributed by atoms with Crippen molar-refractivity contribution in [3.05, 3.63) is 100 Å². The van der Waals surface area contributed by atoms with Gasteiger partial charge < -0.3 is 9.80 Å². The SMILES string of the molecule is CC1(C)CN(C(=O)c2ccc(F)cc2)[C@]2(S1)C(=O)N(Cc1ccccc1)c1ccc(Cl)cc12. The molecule has 7 heteroatoms. The maximum Gasteiger partial charge on any atom is 0.268 e. The van der Waals surface area contributed by atoms with Gasteiger partial charge in [-0.05, 0) is 61.9 Å². The summed E-state index contributed by atoms with van der Waals surface area (Å²) in [7, 11) is 0. The third-order valence-corrected chi connectivity index (χ3v) is 7.84. The summed E-state index contributed by atoms with van der Waals surface area (Å²) >= 11 is 7.86. The zero-order valence-corrected chi connectivity index (χ0v) is 19.8. The van der Waals surface area contributed by atoms with Crippen LogP contribution in [0.5, 0.6) is 0 Å². The van der Waals surface area contributed by atoms with Gasteiger partial charge in [0.15, 0.2) is 4.87 Å². The van der Waals surface area contributed by atoms with Gasteiger partial charge in [-0.1, -0.05) is 41.9 Å². The predicted octanol–water partition coefficient (Wildman–Crippen LogP) is 5.85. The minimum atomic E-state index is -1.25. The normalized spacial score (nSPS) is 21.0. The van der Waals surface area contributed by atoms with Gasteiger partial charge in [0.1, 0.15) is 5.82 Å². The van der Waals surface area contributed by atoms with E-state index >= 15 is 0 Å². The Labute approximate surface area is 201 Å². The molecule has 2 aliphatic rings. The van der Waals surface area contributed by atoms with Gasteiger partial charge in [-0.25, -0.2) is 4.39 Å². The van der Waals surface area contributed by atoms with E-state index in [2.05, 4.69) is 0 Å². The number of nitrogens with zero attached hydrogens (tertiary/aromatic N) is 2. The van der Waals surface area contributed by atoms with Gasteiger partial charge in [-0.3, -0.25) is 9.59 Å². The first-order chi connectivity index (χ1) is 15.7. The van der Waals surface area contributed by atoms with Crippen molar-refractivity contribution in [1.29, 1.82) is 0 Å². The standard InChI is InChI=1S/C26H22ClFN2O2S/c1-25(2)16-30(23(31)18-8-11-20(28)12-9-18)26(33-25)21-14-19(27)10-13-22(21)29(24(26)32)15-17-6-4-3-5-7-17/h3-14H,15-16H2,1-2H3/t26-/m1/s1. The van der Waals surface area contributed by atoms with E-state index in [0.717, 1.165) is 11.3 Å². The van der Waals surface area contributed by atoms with E-state index in [9.17, 15) is 14.0 Å². The Hall–Kier alpha value is -2.83. The van der Waals surface area contributed by atoms with E-state index < -0.39 is 10.7 Å². The van der Waals surface area contributed by atoms with E-state index in [4.69, 9.17) is 11.6 Å². The monoisotopic (exact) mass is 480 g/mol. The fraction of sp³-hybridized carbons (Fsp3) is 0.231. The number of halogens is 2. The second kappa shape index (κ2) is 7.89. The molecule has 0 N–H and O–H groups in total. The van der Waals surface area contributed by atoms with Crippen molar-refractivity contribution in [2.24, 2.45) is 0 Å². The average Bonchev–Trinajstić information content (AvgIpc) is 3.20. The van der Waals surface area contributed by atoms with Crippen LogP contribution in [0.2, 0.25) is 5.02 Å². The molecular weight excluding hydrogens is 459 g/mol. The summed E-state index contributed by atoms with van der Waals surface area (Å²) < 4.78 is 13.1. The molecular formula is C26H22ClFN2O2S. The van der Waals surface area contributed by atoms with Crippen LogP contribution in [0.1, 0.15) is 35.3 Å². The van der Waals surface area contributed by atoms with Crippen LogP contribution < -0.4 is 4.90 Å². The number of thioether (sulfide) groups is 1. The third kappa shape index (κ3) is 3.62. The minimum absolute atomic E-state index is 0.172. The molecule has 1 saturated heterocycles. The third-order valence-electron chi connectivity index (χ3n) is 6.01. The molecule has 1 atom stereocenters. The molecule has 4 nitrogen and oxygen atoms in total. The molecule has 0 aliphatic carbocycles. The molecule has 1 fully saturated rings. The van der Waals surface area contributed by atoms with Gasteiger partial charge in [0.05, 0.1) is 12.2 Å². The Morgan fingerprint density at radius 3 is 2.45 bits per heavy atom. The van der Waals surface area contributed by atoms with Crippen LogP contribution >= 0.6 is 23.4 Å². The lowest BCUT2D eigenvalue weighted by Crippen LogP contribution is -2.50. The average molecular weight is 481 g/mol. The number of rotatable bonds is 3. The van der Waals surface area contributed by atoms with Crippen LogP contribution in [-0.2, 0) is 16.2 Å². The number of hydrogen-bond donors (Lipinski definition) is 0. The summed E-state index contributed by atoms with van der Waals surface area (Å²) in [4.78, 5) is 30.0. The fourth-order valence-electron chi connectivity index (χ4n) is 4.65. The molecule has 0 bridgehead atoms. The summed E-state index contributed by atoms with van der Waals surface area (Å²) in [5, 5.41) is 0.502. The van der Waals surface area contributed by atoms with Crippen LogP contribution in [0.4, 0.5) is 10.1 Å². The lowest BCUT2D eigenvalue weighted by Gasteiger charge is -2.33. The van der Waals surface area contributed by atoms with E-state index in [1.54, 1.807) is 21.9 Å². The highest BCUT2D eigenvalue weighted by molar-refractivity contribution is 8.02. The summed E-state index contributed by atoms with van der Waals surface area (Å²) in [6.45, 7) is 4.80. The second-order valence-corrected chi connectivity index (χ2v) is 11.3. The topological polar surface area (TPSA) is 40.6 Å². The molecule has 168 valence electrons. The molecule has 3 aromatic carbocycles. The van der Waals surface area contributed by atoms with Crippen molar-refractivity contribution in [2.75, 3.05) is 11.4 Å².